The molecule has 0 fully saturated rings. The van der Waals surface area contributed by atoms with Crippen LogP contribution in [0.4, 0.5) is 4.39 Å². The Balaban J connectivity index is 0.00000128. The molecular weight excluding hydrogens is 203 g/mol. The lowest BCUT2D eigenvalue weighted by atomic mass is 9.94. The van der Waals surface area contributed by atoms with E-state index in [1.807, 2.05) is 31.3 Å². The Morgan fingerprint density at radius 3 is 2.50 bits per heavy atom. The molecular formula is C13H15FN2. The van der Waals surface area contributed by atoms with Crippen molar-refractivity contribution in [2.24, 2.45) is 0 Å². The lowest BCUT2D eigenvalue weighted by molar-refractivity contribution is 0.624. The van der Waals surface area contributed by atoms with Crippen molar-refractivity contribution in [3.8, 4) is 0 Å². The minimum atomic E-state index is -0.191. The second kappa shape index (κ2) is 5.37. The van der Waals surface area contributed by atoms with Crippen molar-refractivity contribution in [1.29, 1.82) is 0 Å². The SMILES string of the molecule is CC(c1cccnc1)c1cccc(F)c1.N. The summed E-state index contributed by atoms with van der Waals surface area (Å²) in [6, 6.07) is 10.6. The predicted octanol–water partition coefficient (Wildman–Crippen LogP) is 3.53. The number of hydrogen-bond donors (Lipinski definition) is 1. The first-order valence-electron chi connectivity index (χ1n) is 4.93. The average Bonchev–Trinajstić information content (AvgIpc) is 2.29. The van der Waals surface area contributed by atoms with Crippen LogP contribution in [0, 0.1) is 5.82 Å². The highest BCUT2D eigenvalue weighted by atomic mass is 19.1. The number of rotatable bonds is 2. The van der Waals surface area contributed by atoms with Gasteiger partial charge >= 0.3 is 0 Å². The molecule has 0 aliphatic heterocycles. The van der Waals surface area contributed by atoms with Crippen molar-refractivity contribution >= 4 is 0 Å². The van der Waals surface area contributed by atoms with Crippen LogP contribution in [0.5, 0.6) is 0 Å². The molecule has 1 atom stereocenters. The first kappa shape index (κ1) is 12.3. The standard InChI is InChI=1S/C13H12FN.H3N/c1-10(12-5-3-7-15-9-12)11-4-2-6-13(14)8-11;/h2-10H,1H3;1H3. The molecule has 2 aromatic rings. The molecule has 16 heavy (non-hydrogen) atoms. The summed E-state index contributed by atoms with van der Waals surface area (Å²) in [5.74, 6) is -0.0161. The minimum absolute atomic E-state index is 0. The van der Waals surface area contributed by atoms with E-state index in [0.29, 0.717) is 0 Å². The molecule has 0 saturated carbocycles. The number of hydrogen-bond acceptors (Lipinski definition) is 2. The number of benzene rings is 1. The van der Waals surface area contributed by atoms with E-state index in [2.05, 4.69) is 4.98 Å². The molecule has 0 bridgehead atoms. The van der Waals surface area contributed by atoms with Gasteiger partial charge in [-0.2, -0.15) is 0 Å². The van der Waals surface area contributed by atoms with Crippen LogP contribution in [0.25, 0.3) is 0 Å². The molecule has 3 N–H and O–H groups in total. The normalized spacial score (nSPS) is 11.6. The zero-order valence-electron chi connectivity index (χ0n) is 9.23. The third-order valence-electron chi connectivity index (χ3n) is 2.53. The van der Waals surface area contributed by atoms with Crippen LogP contribution in [0.3, 0.4) is 0 Å². The van der Waals surface area contributed by atoms with E-state index < -0.39 is 0 Å². The highest BCUT2D eigenvalue weighted by molar-refractivity contribution is 5.29. The van der Waals surface area contributed by atoms with E-state index in [9.17, 15) is 4.39 Å². The molecule has 3 heteroatoms. The summed E-state index contributed by atoms with van der Waals surface area (Å²) in [5, 5.41) is 0. The van der Waals surface area contributed by atoms with Gasteiger partial charge in [0.05, 0.1) is 0 Å². The topological polar surface area (TPSA) is 47.9 Å². The molecule has 0 aliphatic carbocycles. The van der Waals surface area contributed by atoms with Gasteiger partial charge in [-0.3, -0.25) is 4.98 Å². The Hall–Kier alpha value is -1.74. The summed E-state index contributed by atoms with van der Waals surface area (Å²) >= 11 is 0. The molecule has 0 saturated heterocycles. The van der Waals surface area contributed by atoms with Crippen molar-refractivity contribution in [3.63, 3.8) is 0 Å². The molecule has 0 spiro atoms. The van der Waals surface area contributed by atoms with E-state index in [-0.39, 0.29) is 17.9 Å². The zero-order valence-corrected chi connectivity index (χ0v) is 9.23. The molecule has 2 nitrogen and oxygen atoms in total. The molecule has 1 heterocycles. The van der Waals surface area contributed by atoms with E-state index in [4.69, 9.17) is 0 Å². The van der Waals surface area contributed by atoms with Crippen LogP contribution in [-0.4, -0.2) is 4.98 Å². The smallest absolute Gasteiger partial charge is 0.123 e. The van der Waals surface area contributed by atoms with Gasteiger partial charge in [-0.25, -0.2) is 4.39 Å². The first-order chi connectivity index (χ1) is 7.27. The predicted molar refractivity (Wildman–Crippen MR) is 63.2 cm³/mol. The number of nitrogens with zero attached hydrogens (tertiary/aromatic N) is 1. The fourth-order valence-corrected chi connectivity index (χ4v) is 1.60. The van der Waals surface area contributed by atoms with Gasteiger partial charge in [0.1, 0.15) is 5.82 Å². The lowest BCUT2D eigenvalue weighted by Crippen LogP contribution is -1.96. The maximum Gasteiger partial charge on any atom is 0.123 e. The van der Waals surface area contributed by atoms with Crippen LogP contribution in [0.1, 0.15) is 24.0 Å². The second-order valence-electron chi connectivity index (χ2n) is 3.56. The Morgan fingerprint density at radius 1 is 1.12 bits per heavy atom. The third kappa shape index (κ3) is 2.64. The first-order valence-corrected chi connectivity index (χ1v) is 4.93. The average molecular weight is 218 g/mol. The van der Waals surface area contributed by atoms with Gasteiger partial charge in [-0.1, -0.05) is 25.1 Å². The van der Waals surface area contributed by atoms with Gasteiger partial charge < -0.3 is 6.15 Å². The maximum atomic E-state index is 13.0. The van der Waals surface area contributed by atoms with Gasteiger partial charge in [0.25, 0.3) is 0 Å². The van der Waals surface area contributed by atoms with E-state index in [1.165, 1.54) is 6.07 Å². The van der Waals surface area contributed by atoms with Crippen molar-refractivity contribution in [1.82, 2.24) is 11.1 Å². The summed E-state index contributed by atoms with van der Waals surface area (Å²) < 4.78 is 13.0. The monoisotopic (exact) mass is 218 g/mol. The maximum absolute atomic E-state index is 13.0. The summed E-state index contributed by atoms with van der Waals surface area (Å²) in [6.07, 6.45) is 3.55. The molecule has 2 rings (SSSR count). The molecule has 1 aromatic carbocycles. The number of aromatic nitrogens is 1. The second-order valence-corrected chi connectivity index (χ2v) is 3.56. The Labute approximate surface area is 94.7 Å². The van der Waals surface area contributed by atoms with Crippen LogP contribution in [-0.2, 0) is 0 Å². The minimum Gasteiger partial charge on any atom is -0.344 e. The summed E-state index contributed by atoms with van der Waals surface area (Å²) in [6.45, 7) is 2.05. The molecule has 0 aliphatic rings. The lowest BCUT2D eigenvalue weighted by Gasteiger charge is -2.11. The molecule has 0 radical (unpaired) electrons. The van der Waals surface area contributed by atoms with Gasteiger partial charge in [0, 0.05) is 18.3 Å². The highest BCUT2D eigenvalue weighted by Crippen LogP contribution is 2.23. The highest BCUT2D eigenvalue weighted by Gasteiger charge is 2.08. The van der Waals surface area contributed by atoms with E-state index in [0.717, 1.165) is 11.1 Å². The Kier molecular flexibility index (Phi) is 4.14. The van der Waals surface area contributed by atoms with Crippen LogP contribution < -0.4 is 6.15 Å². The van der Waals surface area contributed by atoms with Crippen LogP contribution in [0.15, 0.2) is 48.8 Å². The van der Waals surface area contributed by atoms with Crippen molar-refractivity contribution in [2.75, 3.05) is 0 Å². The molecule has 0 amide bonds. The van der Waals surface area contributed by atoms with Gasteiger partial charge in [0.2, 0.25) is 0 Å². The molecule has 1 aromatic heterocycles. The summed E-state index contributed by atoms with van der Waals surface area (Å²) in [5.41, 5.74) is 2.08. The fraction of sp³-hybridized carbons (Fsp3) is 0.154. The molecule has 84 valence electrons. The molecule has 1 unspecified atom stereocenters. The van der Waals surface area contributed by atoms with Gasteiger partial charge in [-0.15, -0.1) is 0 Å². The van der Waals surface area contributed by atoms with E-state index in [1.54, 1.807) is 18.3 Å². The van der Waals surface area contributed by atoms with Crippen molar-refractivity contribution in [3.05, 3.63) is 65.7 Å². The van der Waals surface area contributed by atoms with Gasteiger partial charge in [0.15, 0.2) is 0 Å². The zero-order chi connectivity index (χ0) is 10.7. The summed E-state index contributed by atoms with van der Waals surface area (Å²) in [4.78, 5) is 4.06. The van der Waals surface area contributed by atoms with Crippen LogP contribution in [0.2, 0.25) is 0 Å². The number of pyridine rings is 1. The quantitative estimate of drug-likeness (QED) is 0.838. The Bertz CT molecular complexity index is 443. The van der Waals surface area contributed by atoms with Crippen molar-refractivity contribution < 1.29 is 4.39 Å². The Morgan fingerprint density at radius 2 is 1.88 bits per heavy atom. The third-order valence-corrected chi connectivity index (χ3v) is 2.53. The van der Waals surface area contributed by atoms with Crippen LogP contribution >= 0.6 is 0 Å². The van der Waals surface area contributed by atoms with Gasteiger partial charge in [-0.05, 0) is 29.3 Å². The van der Waals surface area contributed by atoms with E-state index >= 15 is 0 Å². The fourth-order valence-electron chi connectivity index (χ4n) is 1.60. The largest absolute Gasteiger partial charge is 0.344 e. The van der Waals surface area contributed by atoms with Crippen molar-refractivity contribution in [2.45, 2.75) is 12.8 Å². The number of halogens is 1. The summed E-state index contributed by atoms with van der Waals surface area (Å²) in [7, 11) is 0.